The molecule has 2 aromatic heterocycles. The summed E-state index contributed by atoms with van der Waals surface area (Å²) in [6.07, 6.45) is -4.69. The minimum Gasteiger partial charge on any atom is -0.396 e. The molecule has 2 N–H and O–H groups in total. The Morgan fingerprint density at radius 2 is 1.85 bits per heavy atom. The molecule has 10 heteroatoms. The molecule has 0 aliphatic heterocycles. The van der Waals surface area contributed by atoms with Gasteiger partial charge >= 0.3 is 6.18 Å². The molecule has 0 fully saturated rings. The van der Waals surface area contributed by atoms with E-state index in [4.69, 9.17) is 17.3 Å². The number of hydrogen-bond donors (Lipinski definition) is 1. The van der Waals surface area contributed by atoms with E-state index in [9.17, 15) is 17.6 Å². The van der Waals surface area contributed by atoms with Gasteiger partial charge in [-0.2, -0.15) is 17.9 Å². The van der Waals surface area contributed by atoms with Crippen LogP contribution in [0.25, 0.3) is 5.82 Å². The molecule has 0 bridgehead atoms. The van der Waals surface area contributed by atoms with Crippen molar-refractivity contribution < 1.29 is 17.6 Å². The summed E-state index contributed by atoms with van der Waals surface area (Å²) in [6.45, 7) is 1.35. The molecule has 3 rings (SSSR count). The second-order valence-electron chi connectivity index (χ2n) is 5.35. The van der Waals surface area contributed by atoms with Gasteiger partial charge in [0.1, 0.15) is 17.3 Å². The lowest BCUT2D eigenvalue weighted by atomic mass is 10.2. The van der Waals surface area contributed by atoms with Crippen molar-refractivity contribution >= 4 is 17.3 Å². The Balaban J connectivity index is 2.05. The summed E-state index contributed by atoms with van der Waals surface area (Å²) in [5.41, 5.74) is 5.96. The Bertz CT molecular complexity index is 1060. The molecule has 0 saturated heterocycles. The molecule has 0 atom stereocenters. The zero-order valence-corrected chi connectivity index (χ0v) is 14.4. The first-order valence-electron chi connectivity index (χ1n) is 7.40. The fraction of sp³-hybridized carbons (Fsp3) is 0.118. The highest BCUT2D eigenvalue weighted by Crippen LogP contribution is 2.27. The third kappa shape index (κ3) is 3.85. The molecular formula is C17H10ClF4N5. The van der Waals surface area contributed by atoms with Crippen molar-refractivity contribution in [1.29, 1.82) is 0 Å². The number of nitrogens with zero attached hydrogens (tertiary/aromatic N) is 4. The van der Waals surface area contributed by atoms with Crippen LogP contribution in [0.15, 0.2) is 30.3 Å². The maximum absolute atomic E-state index is 13.8. The summed E-state index contributed by atoms with van der Waals surface area (Å²) in [7, 11) is 0. The first kappa shape index (κ1) is 18.7. The summed E-state index contributed by atoms with van der Waals surface area (Å²) in [6, 6.07) is 6.88. The van der Waals surface area contributed by atoms with Gasteiger partial charge in [-0.1, -0.05) is 23.6 Å². The van der Waals surface area contributed by atoms with Gasteiger partial charge < -0.3 is 5.73 Å². The van der Waals surface area contributed by atoms with Gasteiger partial charge in [-0.05, 0) is 37.1 Å². The molecule has 1 aromatic carbocycles. The van der Waals surface area contributed by atoms with E-state index in [1.807, 2.05) is 0 Å². The number of rotatable bonds is 1. The van der Waals surface area contributed by atoms with Crippen LogP contribution in [0.2, 0.25) is 5.02 Å². The maximum Gasteiger partial charge on any atom is 0.453 e. The van der Waals surface area contributed by atoms with Gasteiger partial charge in [-0.15, -0.1) is 5.10 Å². The van der Waals surface area contributed by atoms with Crippen LogP contribution < -0.4 is 5.73 Å². The number of halogens is 5. The van der Waals surface area contributed by atoms with Crippen LogP contribution in [-0.4, -0.2) is 19.7 Å². The SMILES string of the molecule is Cc1nc(C(F)(F)F)nn1-c1ccc(N)c(C#Cc2c(F)cccc2Cl)n1. The lowest BCUT2D eigenvalue weighted by Gasteiger charge is -2.05. The van der Waals surface area contributed by atoms with E-state index >= 15 is 0 Å². The quantitative estimate of drug-likeness (QED) is 0.503. The van der Waals surface area contributed by atoms with Crippen molar-refractivity contribution in [3.05, 3.63) is 64.1 Å². The van der Waals surface area contributed by atoms with Crippen molar-refractivity contribution in [2.24, 2.45) is 0 Å². The number of alkyl halides is 3. The minimum absolute atomic E-state index is 0.0179. The molecule has 0 saturated carbocycles. The lowest BCUT2D eigenvalue weighted by molar-refractivity contribution is -0.144. The number of nitrogen functional groups attached to an aromatic ring is 1. The van der Waals surface area contributed by atoms with E-state index in [2.05, 4.69) is 26.9 Å². The van der Waals surface area contributed by atoms with Gasteiger partial charge in [0, 0.05) is 0 Å². The highest BCUT2D eigenvalue weighted by atomic mass is 35.5. The number of anilines is 1. The minimum atomic E-state index is -4.69. The first-order valence-corrected chi connectivity index (χ1v) is 7.78. The largest absolute Gasteiger partial charge is 0.453 e. The third-order valence-electron chi connectivity index (χ3n) is 3.42. The van der Waals surface area contributed by atoms with Crippen LogP contribution in [0.5, 0.6) is 0 Å². The van der Waals surface area contributed by atoms with Crippen LogP contribution in [0.4, 0.5) is 23.2 Å². The summed E-state index contributed by atoms with van der Waals surface area (Å²) in [5.74, 6) is 3.23. The van der Waals surface area contributed by atoms with E-state index in [-0.39, 0.29) is 33.6 Å². The highest BCUT2D eigenvalue weighted by Gasteiger charge is 2.36. The third-order valence-corrected chi connectivity index (χ3v) is 3.73. The summed E-state index contributed by atoms with van der Waals surface area (Å²) in [5, 5.41) is 3.53. The maximum atomic E-state index is 13.8. The molecule has 0 amide bonds. The van der Waals surface area contributed by atoms with Gasteiger partial charge in [-0.3, -0.25) is 0 Å². The van der Waals surface area contributed by atoms with E-state index in [0.29, 0.717) is 0 Å². The number of hydrogen-bond acceptors (Lipinski definition) is 4. The van der Waals surface area contributed by atoms with Crippen molar-refractivity contribution in [2.45, 2.75) is 13.1 Å². The lowest BCUT2D eigenvalue weighted by Crippen LogP contribution is -2.09. The van der Waals surface area contributed by atoms with Crippen molar-refractivity contribution in [2.75, 3.05) is 5.73 Å². The predicted molar refractivity (Wildman–Crippen MR) is 90.7 cm³/mol. The van der Waals surface area contributed by atoms with Gasteiger partial charge in [0.15, 0.2) is 5.82 Å². The molecule has 3 aromatic rings. The van der Waals surface area contributed by atoms with E-state index < -0.39 is 17.8 Å². The van der Waals surface area contributed by atoms with Crippen LogP contribution in [0.3, 0.4) is 0 Å². The van der Waals surface area contributed by atoms with Crippen LogP contribution >= 0.6 is 11.6 Å². The number of aryl methyl sites for hydroxylation is 1. The molecule has 138 valence electrons. The molecule has 0 aliphatic rings. The van der Waals surface area contributed by atoms with E-state index in [1.54, 1.807) is 0 Å². The van der Waals surface area contributed by atoms with Crippen LogP contribution in [-0.2, 0) is 6.18 Å². The van der Waals surface area contributed by atoms with Gasteiger partial charge in [0.25, 0.3) is 5.82 Å². The zero-order chi connectivity index (χ0) is 19.8. The number of pyridine rings is 1. The van der Waals surface area contributed by atoms with Gasteiger partial charge in [0.05, 0.1) is 16.3 Å². The van der Waals surface area contributed by atoms with Crippen LogP contribution in [0.1, 0.15) is 22.9 Å². The smallest absolute Gasteiger partial charge is 0.396 e. The fourth-order valence-electron chi connectivity index (χ4n) is 2.14. The Kier molecular flexibility index (Phi) is 4.76. The second-order valence-corrected chi connectivity index (χ2v) is 5.75. The Morgan fingerprint density at radius 3 is 2.48 bits per heavy atom. The normalized spacial score (nSPS) is 11.2. The highest BCUT2D eigenvalue weighted by molar-refractivity contribution is 6.31. The Hall–Kier alpha value is -3.12. The second kappa shape index (κ2) is 6.89. The molecule has 5 nitrogen and oxygen atoms in total. The molecule has 2 heterocycles. The number of benzene rings is 1. The van der Waals surface area contributed by atoms with Crippen molar-refractivity contribution in [3.8, 4) is 17.7 Å². The number of nitrogens with two attached hydrogens (primary N) is 1. The van der Waals surface area contributed by atoms with Crippen LogP contribution in [0, 0.1) is 24.6 Å². The van der Waals surface area contributed by atoms with E-state index in [1.165, 1.54) is 37.3 Å². The molecule has 0 spiro atoms. The molecule has 0 aliphatic carbocycles. The monoisotopic (exact) mass is 395 g/mol. The summed E-state index contributed by atoms with van der Waals surface area (Å²) >= 11 is 5.91. The zero-order valence-electron chi connectivity index (χ0n) is 13.6. The Morgan fingerprint density at radius 1 is 1.11 bits per heavy atom. The predicted octanol–water partition coefficient (Wildman–Crippen LogP) is 3.76. The fourth-order valence-corrected chi connectivity index (χ4v) is 2.35. The average molecular weight is 396 g/mol. The molecule has 27 heavy (non-hydrogen) atoms. The van der Waals surface area contributed by atoms with Crippen molar-refractivity contribution in [1.82, 2.24) is 19.7 Å². The average Bonchev–Trinajstić information content (AvgIpc) is 2.98. The van der Waals surface area contributed by atoms with E-state index in [0.717, 1.165) is 4.68 Å². The van der Waals surface area contributed by atoms with Crippen molar-refractivity contribution in [3.63, 3.8) is 0 Å². The molecular weight excluding hydrogens is 386 g/mol. The Labute approximate surface area is 155 Å². The summed E-state index contributed by atoms with van der Waals surface area (Å²) in [4.78, 5) is 7.48. The summed E-state index contributed by atoms with van der Waals surface area (Å²) < 4.78 is 53.0. The standard InChI is InChI=1S/C17H10ClF4N5/c1-9-24-16(17(20,21)22)26-27(9)15-8-6-13(23)14(25-15)7-5-10-11(18)3-2-4-12(10)19/h2-4,6,8H,23H2,1H3. The van der Waals surface area contributed by atoms with Gasteiger partial charge in [0.2, 0.25) is 0 Å². The first-order chi connectivity index (χ1) is 12.7. The van der Waals surface area contributed by atoms with Gasteiger partial charge in [-0.25, -0.2) is 14.4 Å². The molecule has 0 radical (unpaired) electrons. The molecule has 0 unspecified atom stereocenters. The topological polar surface area (TPSA) is 69.6 Å². The number of aromatic nitrogens is 4.